The maximum absolute atomic E-state index is 11.8. The second kappa shape index (κ2) is 7.21. The van der Waals surface area contributed by atoms with Crippen LogP contribution in [-0.2, 0) is 14.8 Å². The van der Waals surface area contributed by atoms with Crippen LogP contribution in [-0.4, -0.2) is 70.2 Å². The molecule has 1 amide bonds. The van der Waals surface area contributed by atoms with Crippen molar-refractivity contribution < 1.29 is 13.2 Å². The second-order valence-corrected chi connectivity index (χ2v) is 7.07. The molecule has 0 bridgehead atoms. The molecule has 112 valence electrons. The predicted molar refractivity (Wildman–Crippen MR) is 75.3 cm³/mol. The lowest BCUT2D eigenvalue weighted by atomic mass is 10.1. The van der Waals surface area contributed by atoms with Gasteiger partial charge in [0.05, 0.1) is 6.26 Å². The molecule has 6 nitrogen and oxygen atoms in total. The lowest BCUT2D eigenvalue weighted by molar-refractivity contribution is -0.130. The quantitative estimate of drug-likeness (QED) is 0.701. The van der Waals surface area contributed by atoms with Gasteiger partial charge in [0.25, 0.3) is 0 Å². The van der Waals surface area contributed by atoms with Crippen LogP contribution in [0.15, 0.2) is 0 Å². The Labute approximate surface area is 116 Å². The van der Waals surface area contributed by atoms with Gasteiger partial charge >= 0.3 is 0 Å². The third-order valence-corrected chi connectivity index (χ3v) is 4.21. The van der Waals surface area contributed by atoms with E-state index in [1.165, 1.54) is 0 Å². The summed E-state index contributed by atoms with van der Waals surface area (Å²) >= 11 is 0. The molecule has 1 aliphatic rings. The third kappa shape index (κ3) is 6.35. The maximum Gasteiger partial charge on any atom is 0.223 e. The normalized spacial score (nSPS) is 20.7. The lowest BCUT2D eigenvalue weighted by Gasteiger charge is -2.21. The van der Waals surface area contributed by atoms with Gasteiger partial charge in [-0.25, -0.2) is 13.1 Å². The summed E-state index contributed by atoms with van der Waals surface area (Å²) in [4.78, 5) is 15.9. The molecule has 7 heteroatoms. The van der Waals surface area contributed by atoms with Crippen LogP contribution in [0.4, 0.5) is 0 Å². The molecule has 0 aromatic rings. The van der Waals surface area contributed by atoms with Crippen LogP contribution < -0.4 is 4.72 Å². The van der Waals surface area contributed by atoms with Crippen molar-refractivity contribution in [2.75, 3.05) is 46.0 Å². The summed E-state index contributed by atoms with van der Waals surface area (Å²) in [7, 11) is -1.42. The average molecular weight is 291 g/mol. The van der Waals surface area contributed by atoms with E-state index >= 15 is 0 Å². The predicted octanol–water partition coefficient (Wildman–Crippen LogP) is -0.274. The van der Waals surface area contributed by atoms with Crippen molar-refractivity contribution in [1.82, 2.24) is 14.5 Å². The van der Waals surface area contributed by atoms with E-state index in [-0.39, 0.29) is 18.9 Å². The van der Waals surface area contributed by atoms with E-state index in [9.17, 15) is 13.2 Å². The smallest absolute Gasteiger partial charge is 0.223 e. The zero-order chi connectivity index (χ0) is 14.5. The molecular weight excluding hydrogens is 266 g/mol. The molecule has 0 spiro atoms. The molecule has 0 aromatic carbocycles. The number of likely N-dealkylation sites (tertiary alicyclic amines) is 1. The van der Waals surface area contributed by atoms with Crippen LogP contribution in [0.2, 0.25) is 0 Å². The second-order valence-electron chi connectivity index (χ2n) is 5.24. The van der Waals surface area contributed by atoms with Crippen molar-refractivity contribution in [2.24, 2.45) is 5.92 Å². The first-order valence-electron chi connectivity index (χ1n) is 6.72. The fourth-order valence-electron chi connectivity index (χ4n) is 2.37. The van der Waals surface area contributed by atoms with E-state index in [0.29, 0.717) is 5.92 Å². The number of nitrogens with zero attached hydrogens (tertiary/aromatic N) is 2. The summed E-state index contributed by atoms with van der Waals surface area (Å²) < 4.78 is 24.1. The molecule has 19 heavy (non-hydrogen) atoms. The number of hydrogen-bond donors (Lipinski definition) is 1. The number of hydrogen-bond acceptors (Lipinski definition) is 4. The van der Waals surface area contributed by atoms with Crippen LogP contribution in [0.1, 0.15) is 19.8 Å². The standard InChI is InChI=1S/C12H25N3O3S/c1-4-15-8-6-11(10-15)9-14(2)12(16)5-7-13-19(3,17)18/h11,13H,4-10H2,1-3H3. The van der Waals surface area contributed by atoms with E-state index in [1.807, 2.05) is 0 Å². The van der Waals surface area contributed by atoms with E-state index in [1.54, 1.807) is 11.9 Å². The van der Waals surface area contributed by atoms with Crippen molar-refractivity contribution in [3.63, 3.8) is 0 Å². The van der Waals surface area contributed by atoms with Gasteiger partial charge in [0.1, 0.15) is 0 Å². The van der Waals surface area contributed by atoms with Crippen molar-refractivity contribution >= 4 is 15.9 Å². The maximum atomic E-state index is 11.8. The van der Waals surface area contributed by atoms with Crippen molar-refractivity contribution in [2.45, 2.75) is 19.8 Å². The summed E-state index contributed by atoms with van der Waals surface area (Å²) in [6.45, 7) is 6.30. The number of carbonyl (C=O) groups excluding carboxylic acids is 1. The monoisotopic (exact) mass is 291 g/mol. The third-order valence-electron chi connectivity index (χ3n) is 3.48. The Bertz CT molecular complexity index is 397. The first-order chi connectivity index (χ1) is 8.81. The van der Waals surface area contributed by atoms with Gasteiger partial charge in [-0.05, 0) is 25.4 Å². The highest BCUT2D eigenvalue weighted by molar-refractivity contribution is 7.88. The van der Waals surface area contributed by atoms with Crippen LogP contribution in [0.3, 0.4) is 0 Å². The summed E-state index contributed by atoms with van der Waals surface area (Å²) in [6, 6.07) is 0. The zero-order valence-corrected chi connectivity index (χ0v) is 12.9. The number of nitrogens with one attached hydrogen (secondary N) is 1. The lowest BCUT2D eigenvalue weighted by Crippen LogP contribution is -2.35. The first kappa shape index (κ1) is 16.4. The highest BCUT2D eigenvalue weighted by atomic mass is 32.2. The van der Waals surface area contributed by atoms with Gasteiger partial charge in [-0.2, -0.15) is 0 Å². The van der Waals surface area contributed by atoms with Gasteiger partial charge in [0, 0.05) is 33.1 Å². The Morgan fingerprint density at radius 2 is 2.16 bits per heavy atom. The number of sulfonamides is 1. The van der Waals surface area contributed by atoms with Crippen molar-refractivity contribution in [3.8, 4) is 0 Å². The fourth-order valence-corrected chi connectivity index (χ4v) is 2.85. The van der Waals surface area contributed by atoms with Crippen molar-refractivity contribution in [3.05, 3.63) is 0 Å². The Kier molecular flexibility index (Phi) is 6.22. The molecule has 0 radical (unpaired) electrons. The Hall–Kier alpha value is -0.660. The van der Waals surface area contributed by atoms with E-state index in [0.717, 1.165) is 38.9 Å². The van der Waals surface area contributed by atoms with Crippen LogP contribution in [0, 0.1) is 5.92 Å². The van der Waals surface area contributed by atoms with Crippen LogP contribution >= 0.6 is 0 Å². The summed E-state index contributed by atoms with van der Waals surface area (Å²) in [5.41, 5.74) is 0. The van der Waals surface area contributed by atoms with Gasteiger partial charge in [-0.15, -0.1) is 0 Å². The molecular formula is C12H25N3O3S. The van der Waals surface area contributed by atoms with Crippen LogP contribution in [0.25, 0.3) is 0 Å². The molecule has 1 N–H and O–H groups in total. The van der Waals surface area contributed by atoms with E-state index in [2.05, 4.69) is 16.5 Å². The van der Waals surface area contributed by atoms with Gasteiger partial charge in [-0.1, -0.05) is 6.92 Å². The molecule has 1 atom stereocenters. The highest BCUT2D eigenvalue weighted by Gasteiger charge is 2.23. The average Bonchev–Trinajstić information content (AvgIpc) is 2.74. The van der Waals surface area contributed by atoms with Gasteiger partial charge in [0.15, 0.2) is 0 Å². The summed E-state index contributed by atoms with van der Waals surface area (Å²) in [5, 5.41) is 0. The first-order valence-corrected chi connectivity index (χ1v) is 8.62. The molecule has 0 saturated carbocycles. The number of rotatable bonds is 7. The Balaban J connectivity index is 2.25. The van der Waals surface area contributed by atoms with E-state index < -0.39 is 10.0 Å². The molecule has 1 fully saturated rings. The summed E-state index contributed by atoms with van der Waals surface area (Å²) in [5.74, 6) is 0.530. The molecule has 0 aromatic heterocycles. The van der Waals surface area contributed by atoms with Gasteiger partial charge < -0.3 is 9.80 Å². The zero-order valence-electron chi connectivity index (χ0n) is 12.1. The number of amides is 1. The topological polar surface area (TPSA) is 69.7 Å². The Morgan fingerprint density at radius 1 is 1.47 bits per heavy atom. The fraction of sp³-hybridized carbons (Fsp3) is 0.917. The van der Waals surface area contributed by atoms with Crippen LogP contribution in [0.5, 0.6) is 0 Å². The highest BCUT2D eigenvalue weighted by Crippen LogP contribution is 2.16. The molecule has 1 heterocycles. The minimum Gasteiger partial charge on any atom is -0.345 e. The van der Waals surface area contributed by atoms with Gasteiger partial charge in [-0.3, -0.25) is 4.79 Å². The largest absolute Gasteiger partial charge is 0.345 e. The molecule has 1 unspecified atom stereocenters. The molecule has 1 rings (SSSR count). The van der Waals surface area contributed by atoms with Crippen molar-refractivity contribution in [1.29, 1.82) is 0 Å². The molecule has 1 aliphatic heterocycles. The summed E-state index contributed by atoms with van der Waals surface area (Å²) in [6.07, 6.45) is 2.44. The van der Waals surface area contributed by atoms with Gasteiger partial charge in [0.2, 0.25) is 15.9 Å². The Morgan fingerprint density at radius 3 is 2.68 bits per heavy atom. The minimum atomic E-state index is -3.21. The number of carbonyl (C=O) groups is 1. The minimum absolute atomic E-state index is 0.00824. The molecule has 1 saturated heterocycles. The SMILES string of the molecule is CCN1CCC(CN(C)C(=O)CCNS(C)(=O)=O)C1. The molecule has 0 aliphatic carbocycles. The van der Waals surface area contributed by atoms with E-state index in [4.69, 9.17) is 0 Å².